The Morgan fingerprint density at radius 3 is 2.68 bits per heavy atom. The lowest BCUT2D eigenvalue weighted by Crippen LogP contribution is -2.26. The van der Waals surface area contributed by atoms with Gasteiger partial charge in [0.05, 0.1) is 6.20 Å². The van der Waals surface area contributed by atoms with Crippen molar-refractivity contribution in [3.63, 3.8) is 0 Å². The van der Waals surface area contributed by atoms with E-state index >= 15 is 0 Å². The standard InChI is InChI=1S/C13H15FN4O/c1-18-12(15)11(8-17-18)13(19)16-7-6-9-2-4-10(14)5-3-9/h2-5,8H,6-7,15H2,1H3,(H,16,19). The molecule has 100 valence electrons. The molecule has 6 heteroatoms. The molecule has 0 aliphatic carbocycles. The van der Waals surface area contributed by atoms with Crippen LogP contribution in [-0.4, -0.2) is 22.2 Å². The van der Waals surface area contributed by atoms with Crippen LogP contribution in [0.1, 0.15) is 15.9 Å². The number of rotatable bonds is 4. The summed E-state index contributed by atoms with van der Waals surface area (Å²) in [4.78, 5) is 11.8. The summed E-state index contributed by atoms with van der Waals surface area (Å²) in [6, 6.07) is 6.19. The molecule has 0 unspecified atom stereocenters. The zero-order valence-electron chi connectivity index (χ0n) is 10.6. The number of nitrogens with one attached hydrogen (secondary N) is 1. The van der Waals surface area contributed by atoms with Gasteiger partial charge < -0.3 is 11.1 Å². The Kier molecular flexibility index (Phi) is 3.79. The van der Waals surface area contributed by atoms with E-state index in [1.807, 2.05) is 0 Å². The summed E-state index contributed by atoms with van der Waals surface area (Å²) in [5, 5.41) is 6.65. The molecule has 0 aliphatic heterocycles. The number of nitrogens with zero attached hydrogens (tertiary/aromatic N) is 2. The Labute approximate surface area is 110 Å². The number of halogens is 1. The zero-order chi connectivity index (χ0) is 13.8. The van der Waals surface area contributed by atoms with Gasteiger partial charge in [0, 0.05) is 13.6 Å². The molecule has 0 fully saturated rings. The van der Waals surface area contributed by atoms with Gasteiger partial charge in [0.25, 0.3) is 5.91 Å². The van der Waals surface area contributed by atoms with Crippen LogP contribution in [0.4, 0.5) is 10.2 Å². The first kappa shape index (κ1) is 13.1. The topological polar surface area (TPSA) is 72.9 Å². The van der Waals surface area contributed by atoms with Gasteiger partial charge in [-0.1, -0.05) is 12.1 Å². The number of amides is 1. The van der Waals surface area contributed by atoms with Gasteiger partial charge in [0.2, 0.25) is 0 Å². The number of anilines is 1. The predicted octanol–water partition coefficient (Wildman–Crippen LogP) is 1.11. The molecule has 0 atom stereocenters. The molecular formula is C13H15FN4O. The van der Waals surface area contributed by atoms with Crippen LogP contribution in [0.25, 0.3) is 0 Å². The lowest BCUT2D eigenvalue weighted by atomic mass is 10.1. The molecule has 19 heavy (non-hydrogen) atoms. The minimum Gasteiger partial charge on any atom is -0.383 e. The van der Waals surface area contributed by atoms with E-state index in [0.29, 0.717) is 24.3 Å². The van der Waals surface area contributed by atoms with Gasteiger partial charge in [0.15, 0.2) is 0 Å². The van der Waals surface area contributed by atoms with E-state index in [-0.39, 0.29) is 11.7 Å². The molecule has 2 aromatic rings. The van der Waals surface area contributed by atoms with Crippen molar-refractivity contribution >= 4 is 11.7 Å². The van der Waals surface area contributed by atoms with Gasteiger partial charge in [-0.15, -0.1) is 0 Å². The number of nitrogens with two attached hydrogens (primary N) is 1. The number of aromatic nitrogens is 2. The molecule has 0 aliphatic rings. The summed E-state index contributed by atoms with van der Waals surface area (Å²) >= 11 is 0. The van der Waals surface area contributed by atoms with Crippen LogP contribution in [-0.2, 0) is 13.5 Å². The first-order chi connectivity index (χ1) is 9.08. The lowest BCUT2D eigenvalue weighted by Gasteiger charge is -2.05. The zero-order valence-corrected chi connectivity index (χ0v) is 10.6. The third kappa shape index (κ3) is 3.09. The van der Waals surface area contributed by atoms with E-state index in [4.69, 9.17) is 5.73 Å². The van der Waals surface area contributed by atoms with E-state index in [2.05, 4.69) is 10.4 Å². The average Bonchev–Trinajstić information content (AvgIpc) is 2.72. The van der Waals surface area contributed by atoms with Gasteiger partial charge in [-0.05, 0) is 24.1 Å². The number of nitrogen functional groups attached to an aromatic ring is 1. The SMILES string of the molecule is Cn1ncc(C(=O)NCCc2ccc(F)cc2)c1N. The molecule has 0 radical (unpaired) electrons. The number of carbonyl (C=O) groups is 1. The van der Waals surface area contributed by atoms with Crippen LogP contribution >= 0.6 is 0 Å². The second-order valence-corrected chi connectivity index (χ2v) is 4.20. The van der Waals surface area contributed by atoms with Crippen molar-refractivity contribution in [3.8, 4) is 0 Å². The van der Waals surface area contributed by atoms with Crippen LogP contribution in [0.15, 0.2) is 30.5 Å². The highest BCUT2D eigenvalue weighted by molar-refractivity contribution is 5.98. The summed E-state index contributed by atoms with van der Waals surface area (Å²) in [5.74, 6) is -0.192. The summed E-state index contributed by atoms with van der Waals surface area (Å²) in [7, 11) is 1.67. The lowest BCUT2D eigenvalue weighted by molar-refractivity contribution is 0.0955. The quantitative estimate of drug-likeness (QED) is 0.867. The van der Waals surface area contributed by atoms with Crippen molar-refractivity contribution in [2.75, 3.05) is 12.3 Å². The first-order valence-corrected chi connectivity index (χ1v) is 5.88. The van der Waals surface area contributed by atoms with Gasteiger partial charge in [-0.25, -0.2) is 4.39 Å². The molecule has 1 aromatic heterocycles. The Balaban J connectivity index is 1.87. The molecule has 0 saturated carbocycles. The van der Waals surface area contributed by atoms with Gasteiger partial charge >= 0.3 is 0 Å². The van der Waals surface area contributed by atoms with Crippen molar-refractivity contribution in [3.05, 3.63) is 47.4 Å². The van der Waals surface area contributed by atoms with E-state index in [1.165, 1.54) is 23.0 Å². The fraction of sp³-hybridized carbons (Fsp3) is 0.231. The predicted molar refractivity (Wildman–Crippen MR) is 70.1 cm³/mol. The third-order valence-corrected chi connectivity index (χ3v) is 2.84. The summed E-state index contributed by atoms with van der Waals surface area (Å²) in [6.07, 6.45) is 2.06. The van der Waals surface area contributed by atoms with E-state index in [9.17, 15) is 9.18 Å². The maximum Gasteiger partial charge on any atom is 0.256 e. The summed E-state index contributed by atoms with van der Waals surface area (Å²) in [6.45, 7) is 0.457. The van der Waals surface area contributed by atoms with Crippen LogP contribution in [0.5, 0.6) is 0 Å². The number of benzene rings is 1. The minimum absolute atomic E-state index is 0.257. The van der Waals surface area contributed by atoms with Crippen molar-refractivity contribution in [1.29, 1.82) is 0 Å². The normalized spacial score (nSPS) is 10.4. The van der Waals surface area contributed by atoms with Gasteiger partial charge in [-0.3, -0.25) is 9.48 Å². The molecule has 0 bridgehead atoms. The minimum atomic E-state index is -0.268. The maximum atomic E-state index is 12.7. The molecule has 1 amide bonds. The maximum absolute atomic E-state index is 12.7. The highest BCUT2D eigenvalue weighted by Crippen LogP contribution is 2.08. The van der Waals surface area contributed by atoms with Crippen molar-refractivity contribution in [2.24, 2.45) is 7.05 Å². The Morgan fingerprint density at radius 2 is 2.11 bits per heavy atom. The van der Waals surface area contributed by atoms with Crippen LogP contribution in [0, 0.1) is 5.82 Å². The number of aryl methyl sites for hydroxylation is 1. The molecule has 1 aromatic carbocycles. The van der Waals surface area contributed by atoms with E-state index in [1.54, 1.807) is 19.2 Å². The molecule has 2 rings (SSSR count). The third-order valence-electron chi connectivity index (χ3n) is 2.84. The molecule has 0 saturated heterocycles. The second kappa shape index (κ2) is 5.51. The van der Waals surface area contributed by atoms with Crippen molar-refractivity contribution in [1.82, 2.24) is 15.1 Å². The monoisotopic (exact) mass is 262 g/mol. The Morgan fingerprint density at radius 1 is 1.42 bits per heavy atom. The fourth-order valence-electron chi connectivity index (χ4n) is 1.69. The molecule has 0 spiro atoms. The smallest absolute Gasteiger partial charge is 0.256 e. The second-order valence-electron chi connectivity index (χ2n) is 4.20. The van der Waals surface area contributed by atoms with Crippen LogP contribution < -0.4 is 11.1 Å². The number of hydrogen-bond acceptors (Lipinski definition) is 3. The Hall–Kier alpha value is -2.37. The number of carbonyl (C=O) groups excluding carboxylic acids is 1. The highest BCUT2D eigenvalue weighted by atomic mass is 19.1. The summed E-state index contributed by atoms with van der Waals surface area (Å²) in [5.41, 5.74) is 7.02. The molecule has 3 N–H and O–H groups in total. The van der Waals surface area contributed by atoms with Gasteiger partial charge in [0.1, 0.15) is 17.2 Å². The average molecular weight is 262 g/mol. The van der Waals surface area contributed by atoms with Crippen molar-refractivity contribution < 1.29 is 9.18 Å². The molecule has 5 nitrogen and oxygen atoms in total. The fourth-order valence-corrected chi connectivity index (χ4v) is 1.69. The van der Waals surface area contributed by atoms with Crippen LogP contribution in [0.2, 0.25) is 0 Å². The van der Waals surface area contributed by atoms with E-state index < -0.39 is 0 Å². The summed E-state index contributed by atoms with van der Waals surface area (Å²) < 4.78 is 14.2. The van der Waals surface area contributed by atoms with Crippen molar-refractivity contribution in [2.45, 2.75) is 6.42 Å². The number of hydrogen-bond donors (Lipinski definition) is 2. The highest BCUT2D eigenvalue weighted by Gasteiger charge is 2.12. The van der Waals surface area contributed by atoms with E-state index in [0.717, 1.165) is 5.56 Å². The molecular weight excluding hydrogens is 247 g/mol. The first-order valence-electron chi connectivity index (χ1n) is 5.88. The molecule has 1 heterocycles. The largest absolute Gasteiger partial charge is 0.383 e. The van der Waals surface area contributed by atoms with Gasteiger partial charge in [-0.2, -0.15) is 5.10 Å². The Bertz CT molecular complexity index is 577. The van der Waals surface area contributed by atoms with Crippen LogP contribution in [0.3, 0.4) is 0 Å².